The highest BCUT2D eigenvalue weighted by Gasteiger charge is 2.38. The lowest BCUT2D eigenvalue weighted by Crippen LogP contribution is -2.42. The molecule has 2 heterocycles. The number of aromatic nitrogens is 1. The molecule has 1 aliphatic rings. The zero-order valence-electron chi connectivity index (χ0n) is 19.5. The number of ether oxygens (including phenoxy) is 2. The van der Waals surface area contributed by atoms with E-state index in [-0.39, 0.29) is 34.1 Å². The van der Waals surface area contributed by atoms with E-state index in [0.717, 1.165) is 23.7 Å². The lowest BCUT2D eigenvalue weighted by Gasteiger charge is -2.23. The topological polar surface area (TPSA) is 101 Å². The number of nitrogens with zero attached hydrogens (tertiary/aromatic N) is 1. The first kappa shape index (κ1) is 24.3. The van der Waals surface area contributed by atoms with Crippen molar-refractivity contribution < 1.29 is 23.9 Å². The third-order valence-corrected chi connectivity index (χ3v) is 6.96. The summed E-state index contributed by atoms with van der Waals surface area (Å²) < 4.78 is 11.8. The van der Waals surface area contributed by atoms with Crippen LogP contribution in [0.1, 0.15) is 51.4 Å². The van der Waals surface area contributed by atoms with E-state index >= 15 is 0 Å². The molecule has 8 heteroatoms. The smallest absolute Gasteiger partial charge is 0.357 e. The number of esters is 2. The van der Waals surface area contributed by atoms with E-state index in [1.54, 1.807) is 18.2 Å². The standard InChI is InChI=1S/C27H26N2O5S/c1-3-4-15-34-26(31)22-20(28)19(16-17-11-7-5-8-12-17)21-24(27(32)33-2)35-23(25(30)29(21)22)18-13-9-6-10-14-18/h5-14,16,23H,3-4,15,28H2,1-2H3/b19-16+/t23-/m0/s1. The number of hydrogen-bond donors (Lipinski definition) is 1. The summed E-state index contributed by atoms with van der Waals surface area (Å²) >= 11 is 1.09. The Kier molecular flexibility index (Phi) is 7.41. The molecule has 1 aliphatic heterocycles. The van der Waals surface area contributed by atoms with Crippen LogP contribution in [0.5, 0.6) is 0 Å². The van der Waals surface area contributed by atoms with Crippen LogP contribution in [0.25, 0.3) is 11.0 Å². The lowest BCUT2D eigenvalue weighted by atomic mass is 10.1. The maximum atomic E-state index is 13.8. The number of rotatable bonds is 7. The van der Waals surface area contributed by atoms with Crippen molar-refractivity contribution in [1.82, 2.24) is 4.57 Å². The fourth-order valence-corrected chi connectivity index (χ4v) is 5.14. The molecule has 0 radical (unpaired) electrons. The van der Waals surface area contributed by atoms with Crippen LogP contribution in [-0.4, -0.2) is 36.1 Å². The Morgan fingerprint density at radius 3 is 2.34 bits per heavy atom. The van der Waals surface area contributed by atoms with Gasteiger partial charge in [-0.2, -0.15) is 0 Å². The summed E-state index contributed by atoms with van der Waals surface area (Å²) in [5.41, 5.74) is 8.00. The number of carbonyl (C=O) groups is 3. The highest BCUT2D eigenvalue weighted by molar-refractivity contribution is 8.10. The van der Waals surface area contributed by atoms with Gasteiger partial charge in [-0.15, -0.1) is 0 Å². The van der Waals surface area contributed by atoms with E-state index in [2.05, 4.69) is 0 Å². The molecule has 180 valence electrons. The highest BCUT2D eigenvalue weighted by Crippen LogP contribution is 2.39. The first-order chi connectivity index (χ1) is 17.0. The van der Waals surface area contributed by atoms with Gasteiger partial charge in [0.1, 0.15) is 10.2 Å². The van der Waals surface area contributed by atoms with Gasteiger partial charge in [0.25, 0.3) is 0 Å². The minimum absolute atomic E-state index is 0.0779. The second kappa shape index (κ2) is 10.7. The maximum absolute atomic E-state index is 13.8. The van der Waals surface area contributed by atoms with Crippen molar-refractivity contribution >= 4 is 46.3 Å². The van der Waals surface area contributed by atoms with E-state index in [1.165, 1.54) is 11.7 Å². The molecule has 1 atom stereocenters. The lowest BCUT2D eigenvalue weighted by molar-refractivity contribution is -0.133. The predicted molar refractivity (Wildman–Crippen MR) is 136 cm³/mol. The van der Waals surface area contributed by atoms with Gasteiger partial charge in [0, 0.05) is 5.22 Å². The van der Waals surface area contributed by atoms with Crippen LogP contribution in [0, 0.1) is 0 Å². The fourth-order valence-electron chi connectivity index (χ4n) is 3.91. The average molecular weight is 491 g/mol. The molecule has 1 aromatic heterocycles. The van der Waals surface area contributed by atoms with Gasteiger partial charge in [0.15, 0.2) is 5.69 Å². The molecule has 0 saturated heterocycles. The van der Waals surface area contributed by atoms with Crippen molar-refractivity contribution in [1.29, 1.82) is 0 Å². The minimum atomic E-state index is -0.767. The molecule has 4 rings (SSSR count). The molecule has 0 saturated carbocycles. The second-order valence-corrected chi connectivity index (χ2v) is 9.09. The predicted octanol–water partition coefficient (Wildman–Crippen LogP) is 3.27. The number of benzene rings is 2. The summed E-state index contributed by atoms with van der Waals surface area (Å²) in [7, 11) is 1.28. The van der Waals surface area contributed by atoms with Gasteiger partial charge in [-0.3, -0.25) is 9.36 Å². The fraction of sp³-hybridized carbons (Fsp3) is 0.222. The Morgan fingerprint density at radius 1 is 1.06 bits per heavy atom. The number of carbonyl (C=O) groups excluding carboxylic acids is 3. The number of hydrogen-bond acceptors (Lipinski definition) is 7. The molecule has 0 unspecified atom stereocenters. The van der Waals surface area contributed by atoms with Crippen LogP contribution in [0.15, 0.2) is 60.7 Å². The van der Waals surface area contributed by atoms with Crippen LogP contribution in [0.3, 0.4) is 0 Å². The van der Waals surface area contributed by atoms with E-state index in [1.807, 2.05) is 55.5 Å². The summed E-state index contributed by atoms with van der Waals surface area (Å²) in [5.74, 6) is -1.71. The van der Waals surface area contributed by atoms with Gasteiger partial charge in [-0.05, 0) is 23.6 Å². The molecular weight excluding hydrogens is 464 g/mol. The molecule has 3 aromatic rings. The molecule has 0 fully saturated rings. The summed E-state index contributed by atoms with van der Waals surface area (Å²) in [6.45, 7) is 2.18. The molecule has 0 spiro atoms. The summed E-state index contributed by atoms with van der Waals surface area (Å²) in [5, 5.41) is -0.134. The largest absolute Gasteiger partial charge is 0.465 e. The highest BCUT2D eigenvalue weighted by atomic mass is 32.2. The summed E-state index contributed by atoms with van der Waals surface area (Å²) in [6.07, 6.45) is 3.27. The van der Waals surface area contributed by atoms with Gasteiger partial charge in [-0.1, -0.05) is 85.8 Å². The quantitative estimate of drug-likeness (QED) is 0.401. The van der Waals surface area contributed by atoms with E-state index in [4.69, 9.17) is 15.2 Å². The van der Waals surface area contributed by atoms with E-state index in [0.29, 0.717) is 17.2 Å². The van der Waals surface area contributed by atoms with Gasteiger partial charge < -0.3 is 15.2 Å². The van der Waals surface area contributed by atoms with Crippen molar-refractivity contribution in [3.05, 3.63) is 88.1 Å². The number of nitrogens with two attached hydrogens (primary N) is 1. The Bertz CT molecular complexity index is 1380. The molecule has 0 aliphatic carbocycles. The monoisotopic (exact) mass is 490 g/mol. The van der Waals surface area contributed by atoms with Crippen molar-refractivity contribution in [2.45, 2.75) is 25.0 Å². The van der Waals surface area contributed by atoms with Crippen LogP contribution < -0.4 is 16.3 Å². The maximum Gasteiger partial charge on any atom is 0.357 e. The van der Waals surface area contributed by atoms with E-state index < -0.39 is 17.2 Å². The minimum Gasteiger partial charge on any atom is -0.465 e. The number of anilines is 1. The number of nitrogen functional groups attached to an aromatic ring is 1. The Balaban J connectivity index is 2.04. The van der Waals surface area contributed by atoms with Crippen molar-refractivity contribution in [3.8, 4) is 0 Å². The SMILES string of the molecule is CCCCOC(=O)c1c(N)/c(=C\c2ccccc2)c2n1C(=O)[C@H](c1ccccc1)SC=2C(=O)OC. The van der Waals surface area contributed by atoms with Crippen LogP contribution in [0.4, 0.5) is 5.69 Å². The number of fused-ring (bicyclic) bond motifs is 1. The van der Waals surface area contributed by atoms with Gasteiger partial charge in [0.05, 0.1) is 24.8 Å². The summed E-state index contributed by atoms with van der Waals surface area (Å²) in [4.78, 5) is 40.2. The molecular formula is C27H26N2O5S. The van der Waals surface area contributed by atoms with Crippen molar-refractivity contribution in [2.75, 3.05) is 19.5 Å². The van der Waals surface area contributed by atoms with Crippen LogP contribution in [-0.2, 0) is 14.3 Å². The van der Waals surface area contributed by atoms with Gasteiger partial charge in [-0.25, -0.2) is 9.59 Å². The van der Waals surface area contributed by atoms with E-state index in [9.17, 15) is 14.4 Å². The molecule has 0 bridgehead atoms. The zero-order valence-corrected chi connectivity index (χ0v) is 20.3. The van der Waals surface area contributed by atoms with Crippen molar-refractivity contribution in [2.24, 2.45) is 0 Å². The molecule has 2 N–H and O–H groups in total. The van der Waals surface area contributed by atoms with Gasteiger partial charge in [0.2, 0.25) is 5.91 Å². The first-order valence-electron chi connectivity index (χ1n) is 11.3. The number of unbranched alkanes of at least 4 members (excludes halogenated alkanes) is 1. The van der Waals surface area contributed by atoms with Crippen LogP contribution >= 0.6 is 11.8 Å². The Hall–Kier alpha value is -3.78. The normalized spacial score (nSPS) is 15.6. The van der Waals surface area contributed by atoms with Crippen LogP contribution in [0.2, 0.25) is 0 Å². The van der Waals surface area contributed by atoms with Crippen molar-refractivity contribution in [3.63, 3.8) is 0 Å². The molecule has 35 heavy (non-hydrogen) atoms. The Labute approximate surface area is 207 Å². The summed E-state index contributed by atoms with van der Waals surface area (Å²) in [6, 6.07) is 18.4. The van der Waals surface area contributed by atoms with Gasteiger partial charge >= 0.3 is 11.9 Å². The second-order valence-electron chi connectivity index (χ2n) is 7.97. The number of methoxy groups -OCH3 is 1. The first-order valence-corrected chi connectivity index (χ1v) is 12.2. The molecule has 0 amide bonds. The average Bonchev–Trinajstić information content (AvgIpc) is 3.17. The number of thioether (sulfide) groups is 1. The molecule has 2 aromatic carbocycles. The Morgan fingerprint density at radius 2 is 1.71 bits per heavy atom. The third-order valence-electron chi connectivity index (χ3n) is 5.65. The zero-order chi connectivity index (χ0) is 24.9. The third kappa shape index (κ3) is 4.74. The molecule has 7 nitrogen and oxygen atoms in total.